The van der Waals surface area contributed by atoms with Crippen LogP contribution < -0.4 is 20.1 Å². The minimum atomic E-state index is -0.0981. The molecule has 0 spiro atoms. The van der Waals surface area contributed by atoms with E-state index in [9.17, 15) is 10.1 Å². The fraction of sp³-hybridized carbons (Fsp3) is 0.333. The lowest BCUT2D eigenvalue weighted by molar-refractivity contribution is -0.116. The predicted molar refractivity (Wildman–Crippen MR) is 167 cm³/mol. The molecule has 4 aromatic rings. The molecule has 9 nitrogen and oxygen atoms in total. The van der Waals surface area contributed by atoms with Gasteiger partial charge in [-0.15, -0.1) is 0 Å². The number of hydrogen-bond acceptors (Lipinski definition) is 8. The van der Waals surface area contributed by atoms with E-state index in [0.717, 1.165) is 46.8 Å². The van der Waals surface area contributed by atoms with Crippen molar-refractivity contribution in [3.63, 3.8) is 0 Å². The molecule has 0 saturated heterocycles. The van der Waals surface area contributed by atoms with Crippen molar-refractivity contribution in [1.29, 1.82) is 5.26 Å². The number of amides is 1. The highest BCUT2D eigenvalue weighted by Gasteiger charge is 2.17. The van der Waals surface area contributed by atoms with Gasteiger partial charge in [-0.05, 0) is 95.7 Å². The molecule has 0 unspecified atom stereocenters. The fourth-order valence-electron chi connectivity index (χ4n) is 4.61. The number of aryl methyl sites for hydroxylation is 3. The Balaban J connectivity index is 1.66. The number of ether oxygens (including phenoxy) is 2. The topological polar surface area (TPSA) is 112 Å². The van der Waals surface area contributed by atoms with Gasteiger partial charge < -0.3 is 25.0 Å². The molecule has 0 saturated carbocycles. The van der Waals surface area contributed by atoms with Crippen molar-refractivity contribution in [2.45, 2.75) is 47.1 Å². The molecule has 2 aromatic heterocycles. The number of nitrogens with zero attached hydrogens (tertiary/aromatic N) is 4. The summed E-state index contributed by atoms with van der Waals surface area (Å²) in [4.78, 5) is 23.8. The molecule has 2 heterocycles. The molecule has 4 rings (SSSR count). The van der Waals surface area contributed by atoms with E-state index < -0.39 is 0 Å². The molecule has 1 amide bonds. The van der Waals surface area contributed by atoms with Crippen LogP contribution in [0.4, 0.5) is 17.1 Å². The minimum Gasteiger partial charge on any atom is -0.492 e. The van der Waals surface area contributed by atoms with Crippen molar-refractivity contribution in [3.05, 3.63) is 76.7 Å². The highest BCUT2D eigenvalue weighted by atomic mass is 16.5. The van der Waals surface area contributed by atoms with Crippen molar-refractivity contribution < 1.29 is 14.3 Å². The SMILES string of the molecule is CCOc1cc2ncc(C#N)c(Nc3cc(C)c(OCc4ncccc4C)cc3C)c2cc1NC(=O)CCCN(C)C. The molecule has 0 radical (unpaired) electrons. The summed E-state index contributed by atoms with van der Waals surface area (Å²) in [6, 6.07) is 13.8. The molecule has 0 bridgehead atoms. The Hall–Kier alpha value is -4.68. The summed E-state index contributed by atoms with van der Waals surface area (Å²) in [6.45, 7) is 9.51. The second-order valence-electron chi connectivity index (χ2n) is 10.5. The first-order valence-electron chi connectivity index (χ1n) is 14.1. The largest absolute Gasteiger partial charge is 0.492 e. The Morgan fingerprint density at radius 2 is 1.81 bits per heavy atom. The van der Waals surface area contributed by atoms with Gasteiger partial charge in [0, 0.05) is 36.0 Å². The van der Waals surface area contributed by atoms with Gasteiger partial charge in [0.25, 0.3) is 0 Å². The van der Waals surface area contributed by atoms with Crippen LogP contribution in [0.2, 0.25) is 0 Å². The van der Waals surface area contributed by atoms with Gasteiger partial charge >= 0.3 is 0 Å². The summed E-state index contributed by atoms with van der Waals surface area (Å²) >= 11 is 0. The van der Waals surface area contributed by atoms with Gasteiger partial charge in [-0.2, -0.15) is 5.26 Å². The molecule has 0 aliphatic carbocycles. The van der Waals surface area contributed by atoms with Crippen LogP contribution in [0.5, 0.6) is 11.5 Å². The molecular weight excluding hydrogens is 528 g/mol. The van der Waals surface area contributed by atoms with Crippen LogP contribution in [0.15, 0.2) is 48.8 Å². The smallest absolute Gasteiger partial charge is 0.224 e. The number of carbonyl (C=O) groups is 1. The number of nitriles is 1. The van der Waals surface area contributed by atoms with Crippen molar-refractivity contribution in [2.24, 2.45) is 0 Å². The fourth-order valence-corrected chi connectivity index (χ4v) is 4.61. The molecular formula is C33H38N6O3. The van der Waals surface area contributed by atoms with Crippen LogP contribution in [-0.4, -0.2) is 48.0 Å². The first kappa shape index (κ1) is 30.3. The third-order valence-electron chi connectivity index (χ3n) is 6.94. The number of aromatic nitrogens is 2. The number of anilines is 3. The highest BCUT2D eigenvalue weighted by Crippen LogP contribution is 2.37. The maximum Gasteiger partial charge on any atom is 0.224 e. The third kappa shape index (κ3) is 7.33. The lowest BCUT2D eigenvalue weighted by Gasteiger charge is -2.18. The Labute approximate surface area is 247 Å². The quantitative estimate of drug-likeness (QED) is 0.202. The van der Waals surface area contributed by atoms with Gasteiger partial charge in [0.2, 0.25) is 5.91 Å². The Morgan fingerprint density at radius 1 is 1.00 bits per heavy atom. The molecule has 9 heteroatoms. The molecule has 218 valence electrons. The van der Waals surface area contributed by atoms with E-state index in [4.69, 9.17) is 9.47 Å². The summed E-state index contributed by atoms with van der Waals surface area (Å²) in [5.74, 6) is 1.20. The number of pyridine rings is 2. The number of nitrogens with one attached hydrogen (secondary N) is 2. The zero-order chi connectivity index (χ0) is 30.2. The second kappa shape index (κ2) is 13.8. The van der Waals surface area contributed by atoms with E-state index in [1.807, 2.05) is 77.0 Å². The zero-order valence-electron chi connectivity index (χ0n) is 25.2. The van der Waals surface area contributed by atoms with Gasteiger partial charge in [-0.3, -0.25) is 14.8 Å². The summed E-state index contributed by atoms with van der Waals surface area (Å²) in [5.41, 5.74) is 6.88. The van der Waals surface area contributed by atoms with Crippen LogP contribution in [0.25, 0.3) is 10.9 Å². The molecule has 2 aromatic carbocycles. The first-order chi connectivity index (χ1) is 20.2. The van der Waals surface area contributed by atoms with E-state index in [1.54, 1.807) is 18.5 Å². The van der Waals surface area contributed by atoms with Gasteiger partial charge in [0.1, 0.15) is 24.2 Å². The Kier molecular flexibility index (Phi) is 9.94. The van der Waals surface area contributed by atoms with Gasteiger partial charge in [-0.25, -0.2) is 0 Å². The van der Waals surface area contributed by atoms with Crippen LogP contribution in [0.3, 0.4) is 0 Å². The summed E-state index contributed by atoms with van der Waals surface area (Å²) in [7, 11) is 3.96. The minimum absolute atomic E-state index is 0.0981. The molecule has 0 aliphatic rings. The molecule has 0 aliphatic heterocycles. The lowest BCUT2D eigenvalue weighted by Crippen LogP contribution is -2.17. The van der Waals surface area contributed by atoms with Crippen LogP contribution in [-0.2, 0) is 11.4 Å². The molecule has 0 atom stereocenters. The van der Waals surface area contributed by atoms with Crippen molar-refractivity contribution in [1.82, 2.24) is 14.9 Å². The second-order valence-corrected chi connectivity index (χ2v) is 10.5. The average molecular weight is 567 g/mol. The van der Waals surface area contributed by atoms with Gasteiger partial charge in [0.05, 0.1) is 34.8 Å². The predicted octanol–water partition coefficient (Wildman–Crippen LogP) is 6.43. The third-order valence-corrected chi connectivity index (χ3v) is 6.94. The first-order valence-corrected chi connectivity index (χ1v) is 14.1. The van der Waals surface area contributed by atoms with Crippen molar-refractivity contribution in [2.75, 3.05) is 37.9 Å². The monoisotopic (exact) mass is 566 g/mol. The average Bonchev–Trinajstić information content (AvgIpc) is 2.95. The number of hydrogen-bond donors (Lipinski definition) is 2. The summed E-state index contributed by atoms with van der Waals surface area (Å²) < 4.78 is 12.0. The zero-order valence-corrected chi connectivity index (χ0v) is 25.2. The van der Waals surface area contributed by atoms with Crippen LogP contribution in [0, 0.1) is 32.1 Å². The molecule has 42 heavy (non-hydrogen) atoms. The van der Waals surface area contributed by atoms with E-state index >= 15 is 0 Å². The van der Waals surface area contributed by atoms with Crippen molar-refractivity contribution >= 4 is 33.9 Å². The van der Waals surface area contributed by atoms with Crippen LogP contribution >= 0.6 is 0 Å². The van der Waals surface area contributed by atoms with Gasteiger partial charge in [-0.1, -0.05) is 6.07 Å². The van der Waals surface area contributed by atoms with Crippen LogP contribution in [0.1, 0.15) is 47.7 Å². The Morgan fingerprint density at radius 3 is 2.52 bits per heavy atom. The number of carbonyl (C=O) groups excluding carboxylic acids is 1. The normalized spacial score (nSPS) is 10.9. The summed E-state index contributed by atoms with van der Waals surface area (Å²) in [5, 5.41) is 17.1. The lowest BCUT2D eigenvalue weighted by atomic mass is 10.1. The highest BCUT2D eigenvalue weighted by molar-refractivity contribution is 6.02. The standard InChI is InChI=1S/C33H38N6O3/c1-7-41-31-17-27-25(16-28(31)37-32(40)11-9-13-39(5)6)33(24(18-34)19-36-27)38-26-14-23(4)30(15-22(26)3)42-20-29-21(2)10-8-12-35-29/h8,10,12,14-17,19H,7,9,11,13,20H2,1-6H3,(H,36,38)(H,37,40). The van der Waals surface area contributed by atoms with E-state index in [1.165, 1.54) is 0 Å². The van der Waals surface area contributed by atoms with E-state index in [-0.39, 0.29) is 5.91 Å². The van der Waals surface area contributed by atoms with E-state index in [0.29, 0.717) is 53.2 Å². The maximum atomic E-state index is 12.8. The maximum absolute atomic E-state index is 12.8. The van der Waals surface area contributed by atoms with Gasteiger partial charge in [0.15, 0.2) is 0 Å². The number of fused-ring (bicyclic) bond motifs is 1. The molecule has 2 N–H and O–H groups in total. The summed E-state index contributed by atoms with van der Waals surface area (Å²) in [6.07, 6.45) is 4.44. The van der Waals surface area contributed by atoms with E-state index in [2.05, 4.69) is 26.7 Å². The Bertz CT molecular complexity index is 1630. The molecule has 0 fully saturated rings. The number of rotatable bonds is 12. The van der Waals surface area contributed by atoms with Crippen molar-refractivity contribution in [3.8, 4) is 17.6 Å². The number of benzene rings is 2.